The minimum absolute atomic E-state index is 0.0898. The first kappa shape index (κ1) is 27.9. The van der Waals surface area contributed by atoms with Gasteiger partial charge in [-0.3, -0.25) is 14.5 Å². The number of rotatable bonds is 9. The highest BCUT2D eigenvalue weighted by Crippen LogP contribution is 2.37. The number of furan rings is 1. The average Bonchev–Trinajstić information content (AvgIpc) is 3.47. The summed E-state index contributed by atoms with van der Waals surface area (Å²) in [5, 5.41) is 0. The summed E-state index contributed by atoms with van der Waals surface area (Å²) in [4.78, 5) is 32.0. The van der Waals surface area contributed by atoms with Crippen molar-refractivity contribution < 1.29 is 23.5 Å². The SMILES string of the molecule is CCC(=O)N1CCc2ccc(OCc3ccc(C(=O)N4CCN(CCOC)CC4)o3)cc2[C@@H]1c1ccc(C)cc1. The number of nitrogens with zero attached hydrogens (tertiary/aromatic N) is 3. The van der Waals surface area contributed by atoms with Crippen molar-refractivity contribution in [3.63, 3.8) is 0 Å². The fourth-order valence-electron chi connectivity index (χ4n) is 5.54. The van der Waals surface area contributed by atoms with Gasteiger partial charge in [0.1, 0.15) is 18.1 Å². The molecule has 212 valence electrons. The first-order valence-electron chi connectivity index (χ1n) is 14.2. The lowest BCUT2D eigenvalue weighted by Crippen LogP contribution is -2.49. The number of aryl methyl sites for hydroxylation is 1. The number of benzene rings is 2. The Labute approximate surface area is 236 Å². The topological polar surface area (TPSA) is 75.5 Å². The van der Waals surface area contributed by atoms with E-state index in [0.29, 0.717) is 49.9 Å². The van der Waals surface area contributed by atoms with Crippen molar-refractivity contribution >= 4 is 11.8 Å². The highest BCUT2D eigenvalue weighted by Gasteiger charge is 2.32. The van der Waals surface area contributed by atoms with Crippen molar-refractivity contribution in [2.75, 3.05) is 53.0 Å². The number of fused-ring (bicyclic) bond motifs is 1. The van der Waals surface area contributed by atoms with Crippen molar-refractivity contribution in [1.29, 1.82) is 0 Å². The fourth-order valence-corrected chi connectivity index (χ4v) is 5.54. The third-order valence-corrected chi connectivity index (χ3v) is 7.89. The smallest absolute Gasteiger partial charge is 0.289 e. The van der Waals surface area contributed by atoms with Crippen LogP contribution in [0.3, 0.4) is 0 Å². The second-order valence-electron chi connectivity index (χ2n) is 10.5. The number of piperazine rings is 1. The number of methoxy groups -OCH3 is 1. The van der Waals surface area contributed by atoms with Crippen LogP contribution in [0.25, 0.3) is 0 Å². The summed E-state index contributed by atoms with van der Waals surface area (Å²) < 4.78 is 17.2. The van der Waals surface area contributed by atoms with Crippen LogP contribution < -0.4 is 4.74 Å². The molecule has 0 bridgehead atoms. The van der Waals surface area contributed by atoms with Crippen LogP contribution in [0.15, 0.2) is 59.0 Å². The van der Waals surface area contributed by atoms with Crippen molar-refractivity contribution in [1.82, 2.24) is 14.7 Å². The number of hydrogen-bond acceptors (Lipinski definition) is 6. The third-order valence-electron chi connectivity index (χ3n) is 7.89. The van der Waals surface area contributed by atoms with Crippen LogP contribution in [-0.2, 0) is 22.6 Å². The predicted octanol–water partition coefficient (Wildman–Crippen LogP) is 4.46. The van der Waals surface area contributed by atoms with Gasteiger partial charge in [-0.1, -0.05) is 42.8 Å². The normalized spacial score (nSPS) is 17.5. The van der Waals surface area contributed by atoms with Gasteiger partial charge in [0.2, 0.25) is 5.91 Å². The summed E-state index contributed by atoms with van der Waals surface area (Å²) >= 11 is 0. The molecule has 0 unspecified atom stereocenters. The zero-order chi connectivity index (χ0) is 28.1. The van der Waals surface area contributed by atoms with Gasteiger partial charge in [0.05, 0.1) is 12.6 Å². The molecule has 1 fully saturated rings. The molecule has 40 heavy (non-hydrogen) atoms. The van der Waals surface area contributed by atoms with Gasteiger partial charge in [-0.05, 0) is 54.3 Å². The van der Waals surface area contributed by atoms with E-state index in [2.05, 4.69) is 42.2 Å². The van der Waals surface area contributed by atoms with Crippen LogP contribution >= 0.6 is 0 Å². The van der Waals surface area contributed by atoms with E-state index in [9.17, 15) is 9.59 Å². The van der Waals surface area contributed by atoms with E-state index in [1.54, 1.807) is 19.2 Å². The predicted molar refractivity (Wildman–Crippen MR) is 152 cm³/mol. The van der Waals surface area contributed by atoms with E-state index >= 15 is 0 Å². The summed E-state index contributed by atoms with van der Waals surface area (Å²) in [6.07, 6.45) is 1.28. The highest BCUT2D eigenvalue weighted by atomic mass is 16.5. The molecule has 1 aromatic heterocycles. The first-order valence-corrected chi connectivity index (χ1v) is 14.2. The van der Waals surface area contributed by atoms with E-state index in [1.165, 1.54) is 11.1 Å². The molecule has 1 saturated heterocycles. The molecule has 8 heteroatoms. The number of carbonyl (C=O) groups is 2. The number of ether oxygens (including phenoxy) is 2. The minimum atomic E-state index is -0.150. The van der Waals surface area contributed by atoms with Gasteiger partial charge in [0, 0.05) is 52.8 Å². The first-order chi connectivity index (χ1) is 19.5. The third kappa shape index (κ3) is 6.24. The minimum Gasteiger partial charge on any atom is -0.486 e. The molecule has 0 aliphatic carbocycles. The Bertz CT molecular complexity index is 1310. The van der Waals surface area contributed by atoms with Crippen LogP contribution in [0.5, 0.6) is 5.75 Å². The maximum Gasteiger partial charge on any atom is 0.289 e. The summed E-state index contributed by atoms with van der Waals surface area (Å²) in [6.45, 7) is 9.46. The Kier molecular flexibility index (Phi) is 8.87. The molecule has 2 aromatic carbocycles. The van der Waals surface area contributed by atoms with E-state index in [1.807, 2.05) is 28.9 Å². The molecule has 3 heterocycles. The summed E-state index contributed by atoms with van der Waals surface area (Å²) in [6, 6.07) is 17.9. The molecule has 2 aliphatic heterocycles. The van der Waals surface area contributed by atoms with E-state index in [4.69, 9.17) is 13.9 Å². The van der Waals surface area contributed by atoms with Crippen molar-refractivity contribution in [2.24, 2.45) is 0 Å². The van der Waals surface area contributed by atoms with Gasteiger partial charge in [-0.15, -0.1) is 0 Å². The monoisotopic (exact) mass is 545 g/mol. The molecule has 0 spiro atoms. The van der Waals surface area contributed by atoms with Gasteiger partial charge in [0.25, 0.3) is 5.91 Å². The molecular weight excluding hydrogens is 506 g/mol. The molecule has 1 atom stereocenters. The molecule has 3 aromatic rings. The fraction of sp³-hybridized carbons (Fsp3) is 0.438. The molecule has 5 rings (SSSR count). The van der Waals surface area contributed by atoms with Crippen LogP contribution in [-0.4, -0.2) is 79.5 Å². The Hall–Kier alpha value is -3.62. The van der Waals surface area contributed by atoms with Gasteiger partial charge in [-0.2, -0.15) is 0 Å². The molecular formula is C32H39N3O5. The van der Waals surface area contributed by atoms with E-state index in [0.717, 1.165) is 37.2 Å². The van der Waals surface area contributed by atoms with Crippen molar-refractivity contribution in [2.45, 2.75) is 39.3 Å². The summed E-state index contributed by atoms with van der Waals surface area (Å²) in [5.74, 6) is 1.69. The Morgan fingerprint density at radius 2 is 1.75 bits per heavy atom. The second-order valence-corrected chi connectivity index (χ2v) is 10.5. The quantitative estimate of drug-likeness (QED) is 0.395. The Morgan fingerprint density at radius 1 is 0.975 bits per heavy atom. The molecule has 2 aliphatic rings. The summed E-state index contributed by atoms with van der Waals surface area (Å²) in [7, 11) is 1.70. The maximum absolute atomic E-state index is 13.0. The largest absolute Gasteiger partial charge is 0.486 e. The summed E-state index contributed by atoms with van der Waals surface area (Å²) in [5.41, 5.74) is 4.60. The Balaban J connectivity index is 1.26. The van der Waals surface area contributed by atoms with Gasteiger partial charge >= 0.3 is 0 Å². The number of amides is 2. The lowest BCUT2D eigenvalue weighted by molar-refractivity contribution is -0.132. The van der Waals surface area contributed by atoms with Crippen LogP contribution in [0.2, 0.25) is 0 Å². The van der Waals surface area contributed by atoms with Crippen LogP contribution in [0, 0.1) is 6.92 Å². The number of carbonyl (C=O) groups excluding carboxylic acids is 2. The lowest BCUT2D eigenvalue weighted by Gasteiger charge is -2.38. The average molecular weight is 546 g/mol. The van der Waals surface area contributed by atoms with Gasteiger partial charge in [-0.25, -0.2) is 0 Å². The van der Waals surface area contributed by atoms with Crippen molar-refractivity contribution in [3.8, 4) is 5.75 Å². The molecule has 8 nitrogen and oxygen atoms in total. The standard InChI is InChI=1S/C32H39N3O5/c1-4-30(36)35-14-13-24-9-10-26(21-28(24)31(35)25-7-5-23(2)6-8-25)39-22-27-11-12-29(40-27)32(37)34-17-15-33(16-18-34)19-20-38-3/h5-12,21,31H,4,13-20,22H2,1-3H3/t31-/m0/s1. The lowest BCUT2D eigenvalue weighted by atomic mass is 9.87. The highest BCUT2D eigenvalue weighted by molar-refractivity contribution is 5.91. The van der Waals surface area contributed by atoms with Gasteiger partial charge in [0.15, 0.2) is 5.76 Å². The molecule has 2 amide bonds. The Morgan fingerprint density at radius 3 is 2.48 bits per heavy atom. The van der Waals surface area contributed by atoms with Gasteiger partial charge < -0.3 is 23.7 Å². The van der Waals surface area contributed by atoms with Crippen LogP contribution in [0.4, 0.5) is 0 Å². The number of hydrogen-bond donors (Lipinski definition) is 0. The maximum atomic E-state index is 13.0. The molecule has 0 saturated carbocycles. The molecule has 0 radical (unpaired) electrons. The molecule has 0 N–H and O–H groups in total. The van der Waals surface area contributed by atoms with E-state index < -0.39 is 0 Å². The zero-order valence-corrected chi connectivity index (χ0v) is 23.7. The van der Waals surface area contributed by atoms with Crippen LogP contribution in [0.1, 0.15) is 58.0 Å². The second kappa shape index (κ2) is 12.7. The van der Waals surface area contributed by atoms with Crippen molar-refractivity contribution in [3.05, 3.63) is 88.4 Å². The van der Waals surface area contributed by atoms with E-state index in [-0.39, 0.29) is 24.5 Å². The zero-order valence-electron chi connectivity index (χ0n) is 23.7.